The van der Waals surface area contributed by atoms with E-state index in [0.717, 1.165) is 0 Å². The van der Waals surface area contributed by atoms with Crippen molar-refractivity contribution in [1.82, 2.24) is 0 Å². The minimum absolute atomic E-state index is 0.324. The summed E-state index contributed by atoms with van der Waals surface area (Å²) in [5.74, 6) is -0.842. The Bertz CT molecular complexity index is 266. The molecule has 0 radical (unpaired) electrons. The molecule has 4 nitrogen and oxygen atoms in total. The first-order valence-corrected chi connectivity index (χ1v) is 4.75. The summed E-state index contributed by atoms with van der Waals surface area (Å²) < 4.78 is 9.58. The van der Waals surface area contributed by atoms with Gasteiger partial charge in [0.1, 0.15) is 6.10 Å². The van der Waals surface area contributed by atoms with Gasteiger partial charge in [-0.1, -0.05) is 6.08 Å². The lowest BCUT2D eigenvalue weighted by molar-refractivity contribution is -0.143. The van der Waals surface area contributed by atoms with Gasteiger partial charge in [-0.3, -0.25) is 4.79 Å². The number of carbonyl (C=O) groups is 2. The van der Waals surface area contributed by atoms with E-state index in [1.54, 1.807) is 26.0 Å². The molecule has 0 aromatic carbocycles. The third-order valence-electron chi connectivity index (χ3n) is 1.39. The van der Waals surface area contributed by atoms with Crippen LogP contribution in [-0.4, -0.2) is 24.6 Å². The minimum atomic E-state index is -0.517. The molecule has 0 spiro atoms. The molecule has 0 saturated heterocycles. The third-order valence-corrected chi connectivity index (χ3v) is 1.39. The van der Waals surface area contributed by atoms with E-state index < -0.39 is 18.0 Å². The van der Waals surface area contributed by atoms with Crippen LogP contribution in [0.15, 0.2) is 24.3 Å². The van der Waals surface area contributed by atoms with Crippen molar-refractivity contribution >= 4 is 11.9 Å². The van der Waals surface area contributed by atoms with Crippen molar-refractivity contribution in [3.05, 3.63) is 24.3 Å². The van der Waals surface area contributed by atoms with Crippen LogP contribution in [-0.2, 0) is 19.1 Å². The molecule has 0 bridgehead atoms. The average molecular weight is 212 g/mol. The van der Waals surface area contributed by atoms with Gasteiger partial charge in [-0.2, -0.15) is 0 Å². The number of ether oxygens (including phenoxy) is 2. The van der Waals surface area contributed by atoms with Gasteiger partial charge in [0, 0.05) is 13.0 Å². The smallest absolute Gasteiger partial charge is 0.330 e. The van der Waals surface area contributed by atoms with Crippen molar-refractivity contribution < 1.29 is 19.1 Å². The van der Waals surface area contributed by atoms with Gasteiger partial charge in [-0.05, 0) is 26.0 Å². The monoisotopic (exact) mass is 212 g/mol. The Morgan fingerprint density at radius 3 is 2.47 bits per heavy atom. The molecular weight excluding hydrogens is 196 g/mol. The van der Waals surface area contributed by atoms with Gasteiger partial charge in [0.25, 0.3) is 0 Å². The Labute approximate surface area is 89.6 Å². The fourth-order valence-corrected chi connectivity index (χ4v) is 0.888. The summed E-state index contributed by atoms with van der Waals surface area (Å²) in [6, 6.07) is 0. The zero-order valence-electron chi connectivity index (χ0n) is 9.23. The molecule has 0 amide bonds. The van der Waals surface area contributed by atoms with E-state index in [9.17, 15) is 9.59 Å². The Balaban J connectivity index is 4.26. The summed E-state index contributed by atoms with van der Waals surface area (Å²) in [4.78, 5) is 21.7. The molecule has 84 valence electrons. The second-order valence-electron chi connectivity index (χ2n) is 2.71. The minimum Gasteiger partial charge on any atom is -0.463 e. The highest BCUT2D eigenvalue weighted by Gasteiger charge is 2.04. The SMILES string of the molecule is C/C=C/C(/C=C/C(=O)OCC)OC(C)=O. The predicted octanol–water partition coefficient (Wildman–Crippen LogP) is 1.61. The third kappa shape index (κ3) is 7.49. The number of carbonyl (C=O) groups excluding carboxylic acids is 2. The lowest BCUT2D eigenvalue weighted by Crippen LogP contribution is -2.11. The quantitative estimate of drug-likeness (QED) is 0.394. The maximum atomic E-state index is 11.0. The maximum absolute atomic E-state index is 11.0. The molecule has 0 rings (SSSR count). The van der Waals surface area contributed by atoms with Crippen molar-refractivity contribution in [2.24, 2.45) is 0 Å². The van der Waals surface area contributed by atoms with E-state index >= 15 is 0 Å². The molecule has 1 unspecified atom stereocenters. The Morgan fingerprint density at radius 1 is 1.33 bits per heavy atom. The Hall–Kier alpha value is -1.58. The Morgan fingerprint density at radius 2 is 2.00 bits per heavy atom. The molecule has 15 heavy (non-hydrogen) atoms. The highest BCUT2D eigenvalue weighted by atomic mass is 16.5. The molecule has 0 fully saturated rings. The topological polar surface area (TPSA) is 52.6 Å². The standard InChI is InChI=1S/C11H16O4/c1-4-6-10(15-9(3)12)7-8-11(13)14-5-2/h4,6-8,10H,5H2,1-3H3/b6-4+,8-7+. The Kier molecular flexibility index (Phi) is 6.97. The summed E-state index contributed by atoms with van der Waals surface area (Å²) in [5.41, 5.74) is 0. The lowest BCUT2D eigenvalue weighted by atomic mass is 10.3. The van der Waals surface area contributed by atoms with Crippen molar-refractivity contribution in [1.29, 1.82) is 0 Å². The van der Waals surface area contributed by atoms with E-state index in [4.69, 9.17) is 4.74 Å². The van der Waals surface area contributed by atoms with Crippen molar-refractivity contribution in [3.63, 3.8) is 0 Å². The van der Waals surface area contributed by atoms with Crippen LogP contribution in [0, 0.1) is 0 Å². The number of hydrogen-bond acceptors (Lipinski definition) is 4. The number of esters is 2. The zero-order chi connectivity index (χ0) is 11.7. The van der Waals surface area contributed by atoms with Gasteiger partial charge in [0.15, 0.2) is 0 Å². The lowest BCUT2D eigenvalue weighted by Gasteiger charge is -2.07. The van der Waals surface area contributed by atoms with Crippen LogP contribution in [0.1, 0.15) is 20.8 Å². The van der Waals surface area contributed by atoms with Gasteiger partial charge in [-0.25, -0.2) is 4.79 Å². The second-order valence-corrected chi connectivity index (χ2v) is 2.71. The molecule has 0 aliphatic carbocycles. The molecule has 0 saturated carbocycles. The van der Waals surface area contributed by atoms with Crippen LogP contribution in [0.3, 0.4) is 0 Å². The van der Waals surface area contributed by atoms with Crippen molar-refractivity contribution in [2.45, 2.75) is 26.9 Å². The van der Waals surface area contributed by atoms with Crippen LogP contribution in [0.5, 0.6) is 0 Å². The summed E-state index contributed by atoms with van der Waals surface area (Å²) in [7, 11) is 0. The maximum Gasteiger partial charge on any atom is 0.330 e. The first kappa shape index (κ1) is 13.4. The van der Waals surface area contributed by atoms with Gasteiger partial charge < -0.3 is 9.47 Å². The van der Waals surface area contributed by atoms with Crippen LogP contribution in [0.2, 0.25) is 0 Å². The molecule has 0 aromatic rings. The number of hydrogen-bond donors (Lipinski definition) is 0. The summed E-state index contributed by atoms with van der Waals surface area (Å²) in [6.45, 7) is 5.16. The largest absolute Gasteiger partial charge is 0.463 e. The van der Waals surface area contributed by atoms with Gasteiger partial charge in [0.05, 0.1) is 6.61 Å². The van der Waals surface area contributed by atoms with Crippen LogP contribution in [0.4, 0.5) is 0 Å². The fraction of sp³-hybridized carbons (Fsp3) is 0.455. The van der Waals surface area contributed by atoms with E-state index in [1.807, 2.05) is 0 Å². The molecule has 0 heterocycles. The highest BCUT2D eigenvalue weighted by molar-refractivity contribution is 5.82. The second kappa shape index (κ2) is 7.79. The molecule has 0 aromatic heterocycles. The first-order chi connectivity index (χ1) is 7.10. The molecule has 0 aliphatic rings. The fourth-order valence-electron chi connectivity index (χ4n) is 0.888. The van der Waals surface area contributed by atoms with Crippen molar-refractivity contribution in [2.75, 3.05) is 6.61 Å². The summed E-state index contributed by atoms with van der Waals surface area (Å²) in [6.07, 6.45) is 5.60. The number of rotatable bonds is 5. The predicted molar refractivity (Wildman–Crippen MR) is 56.1 cm³/mol. The average Bonchev–Trinajstić information content (AvgIpc) is 2.14. The molecule has 4 heteroatoms. The zero-order valence-corrected chi connectivity index (χ0v) is 9.23. The van der Waals surface area contributed by atoms with Gasteiger partial charge in [-0.15, -0.1) is 0 Å². The first-order valence-electron chi connectivity index (χ1n) is 4.75. The number of allylic oxidation sites excluding steroid dienone is 1. The highest BCUT2D eigenvalue weighted by Crippen LogP contribution is 1.98. The van der Waals surface area contributed by atoms with Gasteiger partial charge in [0.2, 0.25) is 0 Å². The molecule has 0 N–H and O–H groups in total. The summed E-state index contributed by atoms with van der Waals surface area (Å²) in [5, 5.41) is 0. The molecule has 1 atom stereocenters. The van der Waals surface area contributed by atoms with E-state index in [0.29, 0.717) is 6.61 Å². The van der Waals surface area contributed by atoms with Crippen LogP contribution in [0.25, 0.3) is 0 Å². The van der Waals surface area contributed by atoms with Crippen LogP contribution >= 0.6 is 0 Å². The van der Waals surface area contributed by atoms with E-state index in [2.05, 4.69) is 4.74 Å². The van der Waals surface area contributed by atoms with Crippen LogP contribution < -0.4 is 0 Å². The van der Waals surface area contributed by atoms with Crippen molar-refractivity contribution in [3.8, 4) is 0 Å². The molecule has 0 aliphatic heterocycles. The van der Waals surface area contributed by atoms with E-state index in [-0.39, 0.29) is 0 Å². The summed E-state index contributed by atoms with van der Waals surface area (Å²) >= 11 is 0. The van der Waals surface area contributed by atoms with Gasteiger partial charge >= 0.3 is 11.9 Å². The normalized spacial score (nSPS) is 13.0. The molecular formula is C11H16O4. The van der Waals surface area contributed by atoms with E-state index in [1.165, 1.54) is 19.1 Å².